The summed E-state index contributed by atoms with van der Waals surface area (Å²) in [6.07, 6.45) is -0.987. The minimum atomic E-state index is -0.987. The number of nitrogens with one attached hydrogen (secondary N) is 1. The monoisotopic (exact) mass is 435 g/mol. The predicted octanol–water partition coefficient (Wildman–Crippen LogP) is 0.758. The van der Waals surface area contributed by atoms with Crippen LogP contribution >= 0.6 is 0 Å². The van der Waals surface area contributed by atoms with Crippen molar-refractivity contribution in [3.05, 3.63) is 92.6 Å². The fourth-order valence-electron chi connectivity index (χ4n) is 3.61. The fraction of sp³-hybridized carbons (Fsp3) is 0.261. The third-order valence-corrected chi connectivity index (χ3v) is 5.31. The van der Waals surface area contributed by atoms with Crippen molar-refractivity contribution in [1.82, 2.24) is 18.7 Å². The zero-order chi connectivity index (χ0) is 22.7. The number of benzene rings is 2. The van der Waals surface area contributed by atoms with Gasteiger partial charge in [0.1, 0.15) is 0 Å². The molecule has 4 rings (SSSR count). The number of aliphatic hydroxyl groups is 2. The van der Waals surface area contributed by atoms with Crippen molar-refractivity contribution in [1.29, 1.82) is 0 Å². The van der Waals surface area contributed by atoms with Gasteiger partial charge in [0.2, 0.25) is 5.95 Å². The maximum absolute atomic E-state index is 13.5. The van der Waals surface area contributed by atoms with Crippen LogP contribution in [0.4, 0.5) is 5.95 Å². The Morgan fingerprint density at radius 2 is 1.50 bits per heavy atom. The van der Waals surface area contributed by atoms with Gasteiger partial charge in [0, 0.05) is 13.6 Å². The second-order valence-electron chi connectivity index (χ2n) is 7.62. The van der Waals surface area contributed by atoms with Crippen molar-refractivity contribution in [2.45, 2.75) is 19.2 Å². The van der Waals surface area contributed by atoms with Gasteiger partial charge in [0.15, 0.2) is 11.2 Å². The number of anilines is 1. The highest BCUT2D eigenvalue weighted by Gasteiger charge is 2.21. The molecule has 3 N–H and O–H groups in total. The lowest BCUT2D eigenvalue weighted by molar-refractivity contribution is 0.105. The molecule has 1 unspecified atom stereocenters. The molecule has 0 aliphatic heterocycles. The molecular formula is C23H25N5O4. The third-order valence-electron chi connectivity index (χ3n) is 5.31. The molecule has 0 saturated carbocycles. The van der Waals surface area contributed by atoms with Crippen molar-refractivity contribution in [3.8, 4) is 0 Å². The highest BCUT2D eigenvalue weighted by molar-refractivity contribution is 5.74. The first kappa shape index (κ1) is 21.5. The molecule has 2 heterocycles. The van der Waals surface area contributed by atoms with Crippen LogP contribution in [-0.2, 0) is 20.1 Å². The lowest BCUT2D eigenvalue weighted by Crippen LogP contribution is -2.40. The van der Waals surface area contributed by atoms with Crippen LogP contribution < -0.4 is 16.6 Å². The van der Waals surface area contributed by atoms with Crippen molar-refractivity contribution in [3.63, 3.8) is 0 Å². The number of hydrogen-bond acceptors (Lipinski definition) is 6. The molecule has 0 amide bonds. The zero-order valence-electron chi connectivity index (χ0n) is 17.7. The summed E-state index contributed by atoms with van der Waals surface area (Å²) in [7, 11) is 1.58. The summed E-state index contributed by atoms with van der Waals surface area (Å²) in [6, 6.07) is 18.9. The van der Waals surface area contributed by atoms with E-state index in [-0.39, 0.29) is 24.3 Å². The van der Waals surface area contributed by atoms with Gasteiger partial charge < -0.3 is 15.5 Å². The van der Waals surface area contributed by atoms with E-state index >= 15 is 0 Å². The van der Waals surface area contributed by atoms with E-state index in [1.807, 2.05) is 60.7 Å². The average Bonchev–Trinajstić information content (AvgIpc) is 3.18. The second-order valence-corrected chi connectivity index (χ2v) is 7.62. The topological polar surface area (TPSA) is 114 Å². The Balaban J connectivity index is 1.89. The first-order chi connectivity index (χ1) is 15.5. The number of aryl methyl sites for hydroxylation is 1. The van der Waals surface area contributed by atoms with E-state index in [1.54, 1.807) is 11.6 Å². The van der Waals surface area contributed by atoms with Crippen LogP contribution in [0.15, 0.2) is 70.3 Å². The van der Waals surface area contributed by atoms with Crippen molar-refractivity contribution in [2.24, 2.45) is 7.05 Å². The minimum Gasteiger partial charge on any atom is -0.394 e. The average molecular weight is 435 g/mol. The molecule has 0 bridgehead atoms. The Bertz CT molecular complexity index is 1330. The smallest absolute Gasteiger partial charge is 0.332 e. The van der Waals surface area contributed by atoms with Gasteiger partial charge in [-0.1, -0.05) is 60.7 Å². The lowest BCUT2D eigenvalue weighted by Gasteiger charge is -2.13. The van der Waals surface area contributed by atoms with Gasteiger partial charge in [-0.15, -0.1) is 0 Å². The first-order valence-corrected chi connectivity index (χ1v) is 10.3. The first-order valence-electron chi connectivity index (χ1n) is 10.3. The Kier molecular flexibility index (Phi) is 6.20. The molecule has 2 aromatic heterocycles. The Morgan fingerprint density at radius 1 is 0.938 bits per heavy atom. The summed E-state index contributed by atoms with van der Waals surface area (Å²) >= 11 is 0. The van der Waals surface area contributed by atoms with E-state index in [4.69, 9.17) is 5.11 Å². The lowest BCUT2D eigenvalue weighted by atomic mass is 10.2. The molecule has 0 radical (unpaired) electrons. The van der Waals surface area contributed by atoms with E-state index in [1.165, 1.54) is 9.13 Å². The largest absolute Gasteiger partial charge is 0.394 e. The Labute approximate surface area is 183 Å². The van der Waals surface area contributed by atoms with Gasteiger partial charge >= 0.3 is 5.69 Å². The van der Waals surface area contributed by atoms with Gasteiger partial charge in [-0.25, -0.2) is 4.79 Å². The molecule has 4 aromatic rings. The molecule has 9 heteroatoms. The van der Waals surface area contributed by atoms with E-state index in [2.05, 4.69) is 10.3 Å². The van der Waals surface area contributed by atoms with Crippen LogP contribution in [0.5, 0.6) is 0 Å². The van der Waals surface area contributed by atoms with Crippen LogP contribution in [0.3, 0.4) is 0 Å². The summed E-state index contributed by atoms with van der Waals surface area (Å²) in [4.78, 5) is 31.0. The van der Waals surface area contributed by atoms with E-state index in [0.717, 1.165) is 11.1 Å². The summed E-state index contributed by atoms with van der Waals surface area (Å²) < 4.78 is 4.26. The molecule has 9 nitrogen and oxygen atoms in total. The molecule has 0 fully saturated rings. The van der Waals surface area contributed by atoms with Crippen LogP contribution in [0.1, 0.15) is 11.1 Å². The predicted molar refractivity (Wildman–Crippen MR) is 122 cm³/mol. The summed E-state index contributed by atoms with van der Waals surface area (Å²) in [6.45, 7) is 0.119. The van der Waals surface area contributed by atoms with Crippen LogP contribution in [0.25, 0.3) is 11.2 Å². The molecule has 0 saturated heterocycles. The number of imidazole rings is 1. The molecule has 2 aromatic carbocycles. The molecular weight excluding hydrogens is 410 g/mol. The van der Waals surface area contributed by atoms with Crippen LogP contribution in [0, 0.1) is 0 Å². The van der Waals surface area contributed by atoms with Gasteiger partial charge in [0.05, 0.1) is 25.8 Å². The van der Waals surface area contributed by atoms with E-state index in [9.17, 15) is 14.7 Å². The van der Waals surface area contributed by atoms with Crippen molar-refractivity contribution >= 4 is 17.1 Å². The Hall–Kier alpha value is -3.69. The molecule has 0 spiro atoms. The number of aliphatic hydroxyl groups excluding tert-OH is 2. The number of nitrogens with zero attached hydrogens (tertiary/aromatic N) is 4. The molecule has 166 valence electrons. The molecule has 1 atom stereocenters. The number of rotatable bonds is 8. The quantitative estimate of drug-likeness (QED) is 0.377. The maximum Gasteiger partial charge on any atom is 0.332 e. The maximum atomic E-state index is 13.5. The fourth-order valence-corrected chi connectivity index (χ4v) is 3.61. The SMILES string of the molecule is Cn1c(=O)n(Cc2ccccc2)c(=O)c2c1nc(NCC(O)CO)n2Cc1ccccc1. The standard InChI is InChI=1S/C23H25N5O4/c1-26-20-19(21(31)28(23(26)32)14-17-10-6-3-7-11-17)27(13-16-8-4-2-5-9-16)22(25-20)24-12-18(30)15-29/h2-11,18,29-30H,12-15H2,1H3,(H,24,25). The van der Waals surface area contributed by atoms with Crippen molar-refractivity contribution < 1.29 is 10.2 Å². The highest BCUT2D eigenvalue weighted by atomic mass is 16.3. The zero-order valence-corrected chi connectivity index (χ0v) is 17.7. The number of fused-ring (bicyclic) bond motifs is 1. The van der Waals surface area contributed by atoms with Gasteiger partial charge in [-0.3, -0.25) is 18.5 Å². The third kappa shape index (κ3) is 4.20. The number of aromatic nitrogens is 4. The summed E-state index contributed by atoms with van der Waals surface area (Å²) in [5.41, 5.74) is 1.42. The Morgan fingerprint density at radius 3 is 2.06 bits per heavy atom. The van der Waals surface area contributed by atoms with Gasteiger partial charge in [0.25, 0.3) is 5.56 Å². The second kappa shape index (κ2) is 9.21. The van der Waals surface area contributed by atoms with E-state index in [0.29, 0.717) is 12.5 Å². The van der Waals surface area contributed by atoms with Crippen LogP contribution in [0.2, 0.25) is 0 Å². The molecule has 0 aliphatic rings. The van der Waals surface area contributed by atoms with Crippen LogP contribution in [-0.4, -0.2) is 48.2 Å². The number of hydrogen-bond donors (Lipinski definition) is 3. The van der Waals surface area contributed by atoms with Gasteiger partial charge in [-0.2, -0.15) is 4.98 Å². The summed E-state index contributed by atoms with van der Waals surface area (Å²) in [5.74, 6) is 0.334. The normalized spacial score (nSPS) is 12.2. The molecule has 32 heavy (non-hydrogen) atoms. The van der Waals surface area contributed by atoms with Crippen molar-refractivity contribution in [2.75, 3.05) is 18.5 Å². The van der Waals surface area contributed by atoms with Gasteiger partial charge in [-0.05, 0) is 11.1 Å². The van der Waals surface area contributed by atoms with E-state index < -0.39 is 24.0 Å². The summed E-state index contributed by atoms with van der Waals surface area (Å²) in [5, 5.41) is 21.9. The molecule has 0 aliphatic carbocycles. The highest BCUT2D eigenvalue weighted by Crippen LogP contribution is 2.18. The minimum absolute atomic E-state index is 0.0424.